The third-order valence-corrected chi connectivity index (χ3v) is 6.94. The Morgan fingerprint density at radius 3 is 1.65 bits per heavy atom. The van der Waals surface area contributed by atoms with Crippen molar-refractivity contribution < 1.29 is 9.59 Å². The van der Waals surface area contributed by atoms with Gasteiger partial charge in [0.1, 0.15) is 0 Å². The number of rotatable bonds is 4. The number of carbonyl (C=O) groups excluding carboxylic acids is 2. The van der Waals surface area contributed by atoms with E-state index in [1.165, 1.54) is 0 Å². The predicted octanol–water partition coefficient (Wildman–Crippen LogP) is 0.648. The van der Waals surface area contributed by atoms with Crippen LogP contribution in [0.25, 0.3) is 0 Å². The Hall–Kier alpha value is -1.40. The zero-order chi connectivity index (χ0) is 18.3. The lowest BCUT2D eigenvalue weighted by Gasteiger charge is -2.36. The molecule has 0 unspecified atom stereocenters. The Kier molecular flexibility index (Phi) is 5.06. The summed E-state index contributed by atoms with van der Waals surface area (Å²) in [7, 11) is 3.86. The Bertz CT molecular complexity index is 542. The highest BCUT2D eigenvalue weighted by Gasteiger charge is 2.44. The topological polar surface area (TPSA) is 47.1 Å². The molecule has 4 heterocycles. The molecule has 0 aromatic heterocycles. The van der Waals surface area contributed by atoms with Gasteiger partial charge < -0.3 is 9.80 Å². The van der Waals surface area contributed by atoms with E-state index in [0.29, 0.717) is 23.9 Å². The summed E-state index contributed by atoms with van der Waals surface area (Å²) in [5.41, 5.74) is 0. The number of nitrogens with zero attached hydrogens (tertiary/aromatic N) is 4. The van der Waals surface area contributed by atoms with Crippen molar-refractivity contribution in [1.82, 2.24) is 19.6 Å². The van der Waals surface area contributed by atoms with E-state index in [9.17, 15) is 9.59 Å². The molecule has 26 heavy (non-hydrogen) atoms. The van der Waals surface area contributed by atoms with Gasteiger partial charge in [-0.3, -0.25) is 19.4 Å². The molecule has 6 heteroatoms. The number of carbonyl (C=O) groups is 2. The van der Waals surface area contributed by atoms with Gasteiger partial charge >= 0.3 is 0 Å². The molecule has 0 aliphatic carbocycles. The van der Waals surface area contributed by atoms with E-state index in [0.717, 1.165) is 65.0 Å². The quantitative estimate of drug-likeness (QED) is 0.691. The molecule has 0 bridgehead atoms. The summed E-state index contributed by atoms with van der Waals surface area (Å²) in [5.74, 6) is 1.09. The third kappa shape index (κ3) is 3.18. The van der Waals surface area contributed by atoms with Gasteiger partial charge in [0.15, 0.2) is 0 Å². The molecule has 4 aliphatic heterocycles. The first-order chi connectivity index (χ1) is 12.6. The first-order valence-electron chi connectivity index (χ1n) is 10.2. The average Bonchev–Trinajstić information content (AvgIpc) is 3.10. The highest BCUT2D eigenvalue weighted by atomic mass is 16.2. The molecule has 0 aromatic rings. The Balaban J connectivity index is 1.30. The molecule has 0 spiro atoms. The molecule has 6 nitrogen and oxygen atoms in total. The monoisotopic (exact) mass is 360 g/mol. The maximum absolute atomic E-state index is 12.2. The van der Waals surface area contributed by atoms with Crippen LogP contribution >= 0.6 is 0 Å². The minimum Gasteiger partial charge on any atom is -0.344 e. The normalized spacial score (nSPS) is 36.2. The molecule has 2 amide bonds. The van der Waals surface area contributed by atoms with Crippen molar-refractivity contribution in [3.8, 4) is 0 Å². The molecule has 4 fully saturated rings. The van der Waals surface area contributed by atoms with Crippen LogP contribution in [0.1, 0.15) is 25.7 Å². The van der Waals surface area contributed by atoms with Crippen LogP contribution in [0.15, 0.2) is 12.2 Å². The van der Waals surface area contributed by atoms with Gasteiger partial charge in [-0.15, -0.1) is 0 Å². The zero-order valence-electron chi connectivity index (χ0n) is 16.1. The smallest absolute Gasteiger partial charge is 0.227 e. The number of hydrogen-bond acceptors (Lipinski definition) is 4. The Labute approximate surface area is 156 Å². The highest BCUT2D eigenvalue weighted by Crippen LogP contribution is 2.32. The van der Waals surface area contributed by atoms with E-state index in [-0.39, 0.29) is 11.8 Å². The SMILES string of the molecule is CN1C[C@@H]2[C@@H](CCCN2C/C=C/CN2CCC[C@H]3C(=O)N(C)C[C@H]32)C1=O. The Morgan fingerprint density at radius 2 is 1.23 bits per heavy atom. The molecule has 0 saturated carbocycles. The average molecular weight is 361 g/mol. The molecular formula is C20H32N4O2. The second-order valence-electron chi connectivity index (χ2n) is 8.53. The lowest BCUT2D eigenvalue weighted by Crippen LogP contribution is -2.46. The minimum absolute atomic E-state index is 0.213. The number of fused-ring (bicyclic) bond motifs is 2. The van der Waals surface area contributed by atoms with Gasteiger partial charge in [0, 0.05) is 52.4 Å². The van der Waals surface area contributed by atoms with Gasteiger partial charge in [-0.1, -0.05) is 12.2 Å². The fourth-order valence-corrected chi connectivity index (χ4v) is 5.50. The maximum Gasteiger partial charge on any atom is 0.227 e. The predicted molar refractivity (Wildman–Crippen MR) is 101 cm³/mol. The van der Waals surface area contributed by atoms with E-state index in [1.54, 1.807) is 0 Å². The first kappa shape index (κ1) is 18.0. The van der Waals surface area contributed by atoms with Gasteiger partial charge in [-0.25, -0.2) is 0 Å². The van der Waals surface area contributed by atoms with Crippen molar-refractivity contribution in [2.24, 2.45) is 11.8 Å². The van der Waals surface area contributed by atoms with Crippen molar-refractivity contribution >= 4 is 11.8 Å². The fourth-order valence-electron chi connectivity index (χ4n) is 5.50. The summed E-state index contributed by atoms with van der Waals surface area (Å²) >= 11 is 0. The molecule has 4 atom stereocenters. The third-order valence-electron chi connectivity index (χ3n) is 6.94. The van der Waals surface area contributed by atoms with E-state index in [4.69, 9.17) is 0 Å². The highest BCUT2D eigenvalue weighted by molar-refractivity contribution is 5.82. The first-order valence-corrected chi connectivity index (χ1v) is 10.2. The number of likely N-dealkylation sites (N-methyl/N-ethyl adjacent to an activating group) is 2. The molecule has 4 rings (SSSR count). The second-order valence-corrected chi connectivity index (χ2v) is 8.53. The van der Waals surface area contributed by atoms with Gasteiger partial charge in [-0.2, -0.15) is 0 Å². The molecule has 0 radical (unpaired) electrons. The van der Waals surface area contributed by atoms with Crippen LogP contribution in [0.5, 0.6) is 0 Å². The molecule has 0 N–H and O–H groups in total. The number of likely N-dealkylation sites (tertiary alicyclic amines) is 4. The molecule has 4 aliphatic rings. The Morgan fingerprint density at radius 1 is 0.808 bits per heavy atom. The van der Waals surface area contributed by atoms with E-state index >= 15 is 0 Å². The van der Waals surface area contributed by atoms with Crippen LogP contribution < -0.4 is 0 Å². The lowest BCUT2D eigenvalue weighted by molar-refractivity contribution is -0.131. The van der Waals surface area contributed by atoms with Crippen LogP contribution in [0.4, 0.5) is 0 Å². The minimum atomic E-state index is 0.213. The summed E-state index contributed by atoms with van der Waals surface area (Å²) < 4.78 is 0. The van der Waals surface area contributed by atoms with Gasteiger partial charge in [-0.05, 0) is 38.8 Å². The molecule has 144 valence electrons. The zero-order valence-corrected chi connectivity index (χ0v) is 16.1. The second kappa shape index (κ2) is 7.31. The summed E-state index contributed by atoms with van der Waals surface area (Å²) in [5, 5.41) is 0. The molecular weight excluding hydrogens is 328 g/mol. The molecule has 0 aromatic carbocycles. The summed E-state index contributed by atoms with van der Waals surface area (Å²) in [4.78, 5) is 33.2. The van der Waals surface area contributed by atoms with Gasteiger partial charge in [0.05, 0.1) is 11.8 Å². The van der Waals surface area contributed by atoms with Crippen LogP contribution in [0.2, 0.25) is 0 Å². The summed E-state index contributed by atoms with van der Waals surface area (Å²) in [6.45, 7) is 5.82. The number of piperidine rings is 2. The standard InChI is InChI=1S/C20H32N4O2/c1-21-13-17-15(19(21)25)7-5-11-23(17)9-3-4-10-24-12-6-8-16-18(24)14-22(2)20(16)26/h3-4,15-18H,5-14H2,1-2H3/b4-3+/t15-,16-,17-,18-/m1/s1. The maximum atomic E-state index is 12.2. The van der Waals surface area contributed by atoms with E-state index in [1.807, 2.05) is 23.9 Å². The van der Waals surface area contributed by atoms with Crippen molar-refractivity contribution in [1.29, 1.82) is 0 Å². The van der Waals surface area contributed by atoms with Crippen molar-refractivity contribution in [2.45, 2.75) is 37.8 Å². The van der Waals surface area contributed by atoms with Crippen molar-refractivity contribution in [3.05, 3.63) is 12.2 Å². The summed E-state index contributed by atoms with van der Waals surface area (Å²) in [6.07, 6.45) is 8.89. The number of hydrogen-bond donors (Lipinski definition) is 0. The number of amides is 2. The van der Waals surface area contributed by atoms with Crippen LogP contribution in [0.3, 0.4) is 0 Å². The van der Waals surface area contributed by atoms with Crippen LogP contribution in [0, 0.1) is 11.8 Å². The largest absolute Gasteiger partial charge is 0.344 e. The van der Waals surface area contributed by atoms with E-state index in [2.05, 4.69) is 22.0 Å². The fraction of sp³-hybridized carbons (Fsp3) is 0.800. The van der Waals surface area contributed by atoms with Crippen LogP contribution in [-0.4, -0.2) is 96.9 Å². The van der Waals surface area contributed by atoms with Gasteiger partial charge in [0.2, 0.25) is 11.8 Å². The van der Waals surface area contributed by atoms with Crippen LogP contribution in [-0.2, 0) is 9.59 Å². The summed E-state index contributed by atoms with van der Waals surface area (Å²) in [6, 6.07) is 0.790. The van der Waals surface area contributed by atoms with E-state index < -0.39 is 0 Å². The van der Waals surface area contributed by atoms with Crippen molar-refractivity contribution in [3.63, 3.8) is 0 Å². The molecule has 4 saturated heterocycles. The lowest BCUT2D eigenvalue weighted by atomic mass is 9.91. The van der Waals surface area contributed by atoms with Crippen molar-refractivity contribution in [2.75, 3.05) is 53.4 Å². The van der Waals surface area contributed by atoms with Gasteiger partial charge in [0.25, 0.3) is 0 Å².